The minimum Gasteiger partial charge on any atom is -0.497 e. The first kappa shape index (κ1) is 21.2. The fraction of sp³-hybridized carbons (Fsp3) is 0.154. The Labute approximate surface area is 186 Å². The van der Waals surface area contributed by atoms with Crippen LogP contribution in [0.25, 0.3) is 6.08 Å². The van der Waals surface area contributed by atoms with Gasteiger partial charge in [-0.3, -0.25) is 4.79 Å². The van der Waals surface area contributed by atoms with Gasteiger partial charge in [-0.2, -0.15) is 0 Å². The summed E-state index contributed by atoms with van der Waals surface area (Å²) >= 11 is 0. The van der Waals surface area contributed by atoms with Crippen LogP contribution in [0.2, 0.25) is 0 Å². The predicted octanol–water partition coefficient (Wildman–Crippen LogP) is 5.24. The second-order valence-corrected chi connectivity index (χ2v) is 7.13. The zero-order valence-electron chi connectivity index (χ0n) is 18.0. The van der Waals surface area contributed by atoms with Crippen molar-refractivity contribution in [2.24, 2.45) is 0 Å². The molecule has 162 valence electrons. The second-order valence-electron chi connectivity index (χ2n) is 7.13. The van der Waals surface area contributed by atoms with Crippen molar-refractivity contribution in [3.63, 3.8) is 0 Å². The Morgan fingerprint density at radius 2 is 1.81 bits per heavy atom. The molecular formula is C26H22O6. The van der Waals surface area contributed by atoms with Crippen LogP contribution in [0, 0.1) is 6.92 Å². The van der Waals surface area contributed by atoms with Crippen molar-refractivity contribution in [1.29, 1.82) is 0 Å². The summed E-state index contributed by atoms with van der Waals surface area (Å²) in [6, 6.07) is 17.3. The van der Waals surface area contributed by atoms with Crippen molar-refractivity contribution in [1.82, 2.24) is 0 Å². The fourth-order valence-electron chi connectivity index (χ4n) is 3.37. The molecule has 3 aromatic rings. The topological polar surface area (TPSA) is 71.1 Å². The molecule has 4 rings (SSSR count). The highest BCUT2D eigenvalue weighted by atomic mass is 16.5. The molecule has 6 nitrogen and oxygen atoms in total. The van der Waals surface area contributed by atoms with Crippen molar-refractivity contribution in [3.05, 3.63) is 88.7 Å². The van der Waals surface area contributed by atoms with Gasteiger partial charge in [0, 0.05) is 5.56 Å². The van der Waals surface area contributed by atoms with Crippen LogP contribution in [0.15, 0.2) is 66.4 Å². The summed E-state index contributed by atoms with van der Waals surface area (Å²) in [6.45, 7) is 4.25. The summed E-state index contributed by atoms with van der Waals surface area (Å²) in [4.78, 5) is 25.4. The molecule has 0 fully saturated rings. The van der Waals surface area contributed by atoms with Crippen LogP contribution in [0.5, 0.6) is 23.0 Å². The van der Waals surface area contributed by atoms with E-state index in [9.17, 15) is 9.59 Å². The normalized spacial score (nSPS) is 13.5. The van der Waals surface area contributed by atoms with E-state index in [1.807, 2.05) is 31.2 Å². The number of allylic oxidation sites excluding steroid dienone is 1. The number of rotatable bonds is 6. The molecule has 0 saturated heterocycles. The molecule has 0 N–H and O–H groups in total. The molecule has 6 heteroatoms. The molecule has 0 saturated carbocycles. The molecule has 0 radical (unpaired) electrons. The number of ether oxygens (including phenoxy) is 4. The average Bonchev–Trinajstić information content (AvgIpc) is 3.13. The van der Waals surface area contributed by atoms with E-state index in [4.69, 9.17) is 18.9 Å². The zero-order valence-corrected chi connectivity index (χ0v) is 18.0. The van der Waals surface area contributed by atoms with E-state index in [0.29, 0.717) is 40.5 Å². The Bertz CT molecular complexity index is 1210. The molecule has 3 aromatic carbocycles. The third-order valence-electron chi connectivity index (χ3n) is 5.03. The molecule has 1 aliphatic heterocycles. The molecule has 0 amide bonds. The third kappa shape index (κ3) is 4.21. The van der Waals surface area contributed by atoms with Gasteiger partial charge in [0.2, 0.25) is 5.78 Å². The highest BCUT2D eigenvalue weighted by Gasteiger charge is 2.30. The molecule has 0 bridgehead atoms. The predicted molar refractivity (Wildman–Crippen MR) is 120 cm³/mol. The summed E-state index contributed by atoms with van der Waals surface area (Å²) in [7, 11) is 1.53. The first-order valence-corrected chi connectivity index (χ1v) is 10.2. The zero-order chi connectivity index (χ0) is 22.7. The van der Waals surface area contributed by atoms with E-state index in [1.165, 1.54) is 7.11 Å². The lowest BCUT2D eigenvalue weighted by atomic mass is 10.1. The molecule has 0 spiro atoms. The molecule has 0 unspecified atom stereocenters. The lowest BCUT2D eigenvalue weighted by Gasteiger charge is -2.10. The summed E-state index contributed by atoms with van der Waals surface area (Å²) in [6.07, 6.45) is 1.68. The van der Waals surface area contributed by atoms with E-state index in [0.717, 1.165) is 11.3 Å². The summed E-state index contributed by atoms with van der Waals surface area (Å²) < 4.78 is 22.0. The van der Waals surface area contributed by atoms with Gasteiger partial charge in [-0.05, 0) is 68.0 Å². The Morgan fingerprint density at radius 3 is 2.53 bits per heavy atom. The maximum atomic E-state index is 12.8. The molecule has 0 atom stereocenters. The van der Waals surface area contributed by atoms with Crippen molar-refractivity contribution in [3.8, 4) is 23.0 Å². The van der Waals surface area contributed by atoms with E-state index in [2.05, 4.69) is 0 Å². The summed E-state index contributed by atoms with van der Waals surface area (Å²) in [5, 5.41) is 0. The smallest absolute Gasteiger partial charge is 0.343 e. The average molecular weight is 430 g/mol. The Morgan fingerprint density at radius 1 is 1.03 bits per heavy atom. The first-order valence-electron chi connectivity index (χ1n) is 10.2. The highest BCUT2D eigenvalue weighted by Crippen LogP contribution is 2.39. The molecule has 1 aliphatic rings. The van der Waals surface area contributed by atoms with Crippen LogP contribution in [-0.4, -0.2) is 25.5 Å². The van der Waals surface area contributed by atoms with Gasteiger partial charge in [-0.25, -0.2) is 4.79 Å². The molecular weight excluding hydrogens is 408 g/mol. The Kier molecular flexibility index (Phi) is 5.94. The number of ketones is 1. The first-order chi connectivity index (χ1) is 15.5. The van der Waals surface area contributed by atoms with E-state index in [1.54, 1.807) is 49.4 Å². The standard InChI is InChI=1S/C26H22O6/c1-4-30-19-10-8-17(9-11-19)14-23-24(27)21-12-13-22(16(2)25(21)31-23)32-26(28)18-6-5-7-20(15-18)29-3/h5-15H,4H2,1-3H3/b23-14-. The van der Waals surface area contributed by atoms with Gasteiger partial charge >= 0.3 is 5.97 Å². The minimum atomic E-state index is -0.526. The molecule has 0 aliphatic carbocycles. The van der Waals surface area contributed by atoms with Crippen LogP contribution >= 0.6 is 0 Å². The molecule has 0 aromatic heterocycles. The summed E-state index contributed by atoms with van der Waals surface area (Å²) in [5.41, 5.74) is 2.17. The van der Waals surface area contributed by atoms with Gasteiger partial charge < -0.3 is 18.9 Å². The fourth-order valence-corrected chi connectivity index (χ4v) is 3.37. The Balaban J connectivity index is 1.56. The number of hydrogen-bond acceptors (Lipinski definition) is 6. The van der Waals surface area contributed by atoms with Crippen LogP contribution in [-0.2, 0) is 0 Å². The number of hydrogen-bond donors (Lipinski definition) is 0. The van der Waals surface area contributed by atoms with Gasteiger partial charge in [-0.15, -0.1) is 0 Å². The van der Waals surface area contributed by atoms with Crippen molar-refractivity contribution >= 4 is 17.8 Å². The molecule has 1 heterocycles. The van der Waals surface area contributed by atoms with E-state index >= 15 is 0 Å². The van der Waals surface area contributed by atoms with Crippen LogP contribution < -0.4 is 18.9 Å². The number of Topliss-reactive ketones (excluding diaryl/α,β-unsaturated/α-hetero) is 1. The van der Waals surface area contributed by atoms with Crippen LogP contribution in [0.1, 0.15) is 38.8 Å². The number of carbonyl (C=O) groups excluding carboxylic acids is 2. The summed E-state index contributed by atoms with van der Waals surface area (Å²) in [5.74, 6) is 1.50. The Hall–Kier alpha value is -4.06. The molecule has 32 heavy (non-hydrogen) atoms. The van der Waals surface area contributed by atoms with Gasteiger partial charge in [0.15, 0.2) is 5.76 Å². The lowest BCUT2D eigenvalue weighted by Crippen LogP contribution is -2.09. The van der Waals surface area contributed by atoms with E-state index in [-0.39, 0.29) is 11.5 Å². The van der Waals surface area contributed by atoms with Crippen molar-refractivity contribution in [2.45, 2.75) is 13.8 Å². The van der Waals surface area contributed by atoms with Crippen molar-refractivity contribution < 1.29 is 28.5 Å². The van der Waals surface area contributed by atoms with Crippen molar-refractivity contribution in [2.75, 3.05) is 13.7 Å². The number of methoxy groups -OCH3 is 1. The van der Waals surface area contributed by atoms with E-state index < -0.39 is 5.97 Å². The highest BCUT2D eigenvalue weighted by molar-refractivity contribution is 6.15. The van der Waals surface area contributed by atoms with Gasteiger partial charge in [0.25, 0.3) is 0 Å². The van der Waals surface area contributed by atoms with Gasteiger partial charge in [-0.1, -0.05) is 18.2 Å². The van der Waals surface area contributed by atoms with Gasteiger partial charge in [0.05, 0.1) is 24.8 Å². The maximum Gasteiger partial charge on any atom is 0.343 e. The monoisotopic (exact) mass is 430 g/mol. The number of esters is 1. The number of fused-ring (bicyclic) bond motifs is 1. The SMILES string of the molecule is CCOc1ccc(/C=C2\Oc3c(ccc(OC(=O)c4cccc(OC)c4)c3C)C2=O)cc1. The maximum absolute atomic E-state index is 12.8. The lowest BCUT2D eigenvalue weighted by molar-refractivity contribution is 0.0732. The minimum absolute atomic E-state index is 0.212. The van der Waals surface area contributed by atoms with Gasteiger partial charge in [0.1, 0.15) is 23.0 Å². The van der Waals surface area contributed by atoms with Crippen LogP contribution in [0.4, 0.5) is 0 Å². The quantitative estimate of drug-likeness (QED) is 0.303. The largest absolute Gasteiger partial charge is 0.497 e. The number of carbonyl (C=O) groups is 2. The second kappa shape index (κ2) is 8.98. The third-order valence-corrected chi connectivity index (χ3v) is 5.03. The van der Waals surface area contributed by atoms with Crippen LogP contribution in [0.3, 0.4) is 0 Å². The number of benzene rings is 3.